The van der Waals surface area contributed by atoms with Crippen molar-refractivity contribution in [2.75, 3.05) is 5.75 Å². The molecule has 0 saturated heterocycles. The van der Waals surface area contributed by atoms with Crippen molar-refractivity contribution in [3.05, 3.63) is 34.2 Å². The van der Waals surface area contributed by atoms with E-state index in [-0.39, 0.29) is 0 Å². The topological polar surface area (TPSA) is 0 Å². The van der Waals surface area contributed by atoms with Crippen LogP contribution in [0.1, 0.15) is 11.8 Å². The van der Waals surface area contributed by atoms with E-state index in [1.165, 1.54) is 20.7 Å². The zero-order valence-electron chi connectivity index (χ0n) is 7.92. The fourth-order valence-corrected chi connectivity index (χ4v) is 3.44. The van der Waals surface area contributed by atoms with Crippen LogP contribution in [-0.2, 0) is 5.75 Å². The van der Waals surface area contributed by atoms with Crippen molar-refractivity contribution in [1.82, 2.24) is 0 Å². The van der Waals surface area contributed by atoms with E-state index in [0.29, 0.717) is 0 Å². The molecule has 0 amide bonds. The lowest BCUT2D eigenvalue weighted by Gasteiger charge is -1.91. The first-order valence-electron chi connectivity index (χ1n) is 4.55. The van der Waals surface area contributed by atoms with Crippen LogP contribution in [0, 0.1) is 0 Å². The molecule has 1 heterocycles. The molecule has 0 atom stereocenters. The monoisotopic (exact) mass is 242 g/mol. The highest BCUT2D eigenvalue weighted by atomic mass is 35.5. The second kappa shape index (κ2) is 4.56. The largest absolute Gasteiger partial charge is 0.157 e. The Kier molecular flexibility index (Phi) is 3.37. The molecule has 14 heavy (non-hydrogen) atoms. The van der Waals surface area contributed by atoms with Crippen molar-refractivity contribution in [3.8, 4) is 0 Å². The van der Waals surface area contributed by atoms with E-state index in [4.69, 9.17) is 11.6 Å². The van der Waals surface area contributed by atoms with Crippen LogP contribution >= 0.6 is 34.7 Å². The average molecular weight is 243 g/mol. The molecule has 0 fully saturated rings. The van der Waals surface area contributed by atoms with E-state index in [0.717, 1.165) is 10.8 Å². The van der Waals surface area contributed by atoms with Gasteiger partial charge >= 0.3 is 0 Å². The molecular formula is C11H11ClS2. The van der Waals surface area contributed by atoms with Gasteiger partial charge in [-0.05, 0) is 29.3 Å². The Morgan fingerprint density at radius 3 is 3.00 bits per heavy atom. The van der Waals surface area contributed by atoms with Crippen molar-refractivity contribution >= 4 is 44.8 Å². The molecule has 74 valence electrons. The summed E-state index contributed by atoms with van der Waals surface area (Å²) >= 11 is 9.74. The molecule has 0 aliphatic heterocycles. The van der Waals surface area contributed by atoms with Gasteiger partial charge < -0.3 is 0 Å². The number of halogens is 1. The van der Waals surface area contributed by atoms with Crippen LogP contribution in [0.3, 0.4) is 0 Å². The maximum atomic E-state index is 5.93. The maximum absolute atomic E-state index is 5.93. The normalized spacial score (nSPS) is 11.0. The zero-order chi connectivity index (χ0) is 9.97. The predicted octanol–water partition coefficient (Wildman–Crippen LogP) is 4.81. The second-order valence-corrected chi connectivity index (χ2v) is 5.91. The summed E-state index contributed by atoms with van der Waals surface area (Å²) in [4.78, 5) is 1.44. The van der Waals surface area contributed by atoms with E-state index in [1.807, 2.05) is 35.2 Å². The van der Waals surface area contributed by atoms with E-state index >= 15 is 0 Å². The molecule has 1 aromatic carbocycles. The van der Waals surface area contributed by atoms with Crippen LogP contribution in [-0.4, -0.2) is 5.75 Å². The van der Waals surface area contributed by atoms with Gasteiger partial charge in [-0.25, -0.2) is 0 Å². The minimum Gasteiger partial charge on any atom is -0.157 e. The molecule has 2 rings (SSSR count). The van der Waals surface area contributed by atoms with Gasteiger partial charge in [-0.3, -0.25) is 0 Å². The van der Waals surface area contributed by atoms with E-state index in [1.54, 1.807) is 0 Å². The van der Waals surface area contributed by atoms with Crippen LogP contribution in [0.25, 0.3) is 10.1 Å². The van der Waals surface area contributed by atoms with Gasteiger partial charge in [-0.15, -0.1) is 11.3 Å². The first-order chi connectivity index (χ1) is 6.79. The summed E-state index contributed by atoms with van der Waals surface area (Å²) in [6.07, 6.45) is 0. The minimum absolute atomic E-state index is 0.828. The van der Waals surface area contributed by atoms with Crippen LogP contribution in [0.4, 0.5) is 0 Å². The number of hydrogen-bond donors (Lipinski definition) is 0. The summed E-state index contributed by atoms with van der Waals surface area (Å²) in [5, 5.41) is 2.14. The molecule has 0 aliphatic carbocycles. The molecule has 0 unspecified atom stereocenters. The van der Waals surface area contributed by atoms with Crippen molar-refractivity contribution in [2.24, 2.45) is 0 Å². The third-order valence-electron chi connectivity index (χ3n) is 1.98. The lowest BCUT2D eigenvalue weighted by atomic mass is 10.2. The van der Waals surface area contributed by atoms with Crippen LogP contribution in [0.2, 0.25) is 5.02 Å². The van der Waals surface area contributed by atoms with E-state index < -0.39 is 0 Å². The number of thioether (sulfide) groups is 1. The predicted molar refractivity (Wildman–Crippen MR) is 68.7 cm³/mol. The molecular weight excluding hydrogens is 232 g/mol. The first-order valence-corrected chi connectivity index (χ1v) is 6.90. The minimum atomic E-state index is 0.828. The molecule has 3 heteroatoms. The standard InChI is InChI=1S/C11H11ClS2/c1-2-13-7-10-5-8-3-4-9(12)6-11(8)14-10/h3-6H,2,7H2,1H3. The third-order valence-corrected chi connectivity index (χ3v) is 4.42. The molecule has 1 aromatic heterocycles. The molecule has 0 spiro atoms. The molecule has 0 bridgehead atoms. The highest BCUT2D eigenvalue weighted by Gasteiger charge is 2.01. The Hall–Kier alpha value is -0.180. The molecule has 0 saturated carbocycles. The van der Waals surface area contributed by atoms with Crippen molar-refractivity contribution in [1.29, 1.82) is 0 Å². The van der Waals surface area contributed by atoms with Gasteiger partial charge in [0.05, 0.1) is 0 Å². The number of benzene rings is 1. The van der Waals surface area contributed by atoms with Gasteiger partial charge in [0.25, 0.3) is 0 Å². The number of fused-ring (bicyclic) bond motifs is 1. The number of thiophene rings is 1. The van der Waals surface area contributed by atoms with Crippen LogP contribution in [0.5, 0.6) is 0 Å². The van der Waals surface area contributed by atoms with Crippen molar-refractivity contribution in [2.45, 2.75) is 12.7 Å². The summed E-state index contributed by atoms with van der Waals surface area (Å²) in [6.45, 7) is 2.19. The van der Waals surface area contributed by atoms with Crippen LogP contribution in [0.15, 0.2) is 24.3 Å². The van der Waals surface area contributed by atoms with Gasteiger partial charge in [-0.2, -0.15) is 11.8 Å². The average Bonchev–Trinajstić information content (AvgIpc) is 2.56. The molecule has 0 radical (unpaired) electrons. The Balaban J connectivity index is 2.32. The van der Waals surface area contributed by atoms with E-state index in [2.05, 4.69) is 19.1 Å². The Bertz CT molecular complexity index is 434. The van der Waals surface area contributed by atoms with Gasteiger partial charge in [-0.1, -0.05) is 24.6 Å². The highest BCUT2D eigenvalue weighted by Crippen LogP contribution is 2.30. The first kappa shape index (κ1) is 10.3. The Labute approximate surface area is 97.3 Å². The number of hydrogen-bond acceptors (Lipinski definition) is 2. The summed E-state index contributed by atoms with van der Waals surface area (Å²) in [5.41, 5.74) is 0. The fourth-order valence-electron chi connectivity index (χ4n) is 1.33. The summed E-state index contributed by atoms with van der Waals surface area (Å²) in [5.74, 6) is 2.29. The van der Waals surface area contributed by atoms with Crippen LogP contribution < -0.4 is 0 Å². The lowest BCUT2D eigenvalue weighted by molar-refractivity contribution is 1.47. The summed E-state index contributed by atoms with van der Waals surface area (Å²) < 4.78 is 1.30. The smallest absolute Gasteiger partial charge is 0.0420 e. The summed E-state index contributed by atoms with van der Waals surface area (Å²) in [7, 11) is 0. The van der Waals surface area contributed by atoms with Crippen molar-refractivity contribution in [3.63, 3.8) is 0 Å². The Morgan fingerprint density at radius 1 is 1.36 bits per heavy atom. The molecule has 2 aromatic rings. The summed E-state index contributed by atoms with van der Waals surface area (Å²) in [6, 6.07) is 8.35. The zero-order valence-corrected chi connectivity index (χ0v) is 10.3. The highest BCUT2D eigenvalue weighted by molar-refractivity contribution is 7.98. The quantitative estimate of drug-likeness (QED) is 0.745. The van der Waals surface area contributed by atoms with E-state index in [9.17, 15) is 0 Å². The second-order valence-electron chi connectivity index (χ2n) is 3.03. The third kappa shape index (κ3) is 2.25. The van der Waals surface area contributed by atoms with Gasteiger partial charge in [0.1, 0.15) is 0 Å². The molecule has 0 aliphatic rings. The maximum Gasteiger partial charge on any atom is 0.0420 e. The van der Waals surface area contributed by atoms with Gasteiger partial charge in [0.15, 0.2) is 0 Å². The Morgan fingerprint density at radius 2 is 2.21 bits per heavy atom. The van der Waals surface area contributed by atoms with Gasteiger partial charge in [0.2, 0.25) is 0 Å². The SMILES string of the molecule is CCSCc1cc2ccc(Cl)cc2s1. The molecule has 0 nitrogen and oxygen atoms in total. The van der Waals surface area contributed by atoms with Gasteiger partial charge in [0, 0.05) is 20.4 Å². The number of rotatable bonds is 3. The fraction of sp³-hybridized carbons (Fsp3) is 0.273. The lowest BCUT2D eigenvalue weighted by Crippen LogP contribution is -1.71. The molecule has 0 N–H and O–H groups in total. The van der Waals surface area contributed by atoms with Crippen molar-refractivity contribution < 1.29 is 0 Å².